The first kappa shape index (κ1) is 21.1. The van der Waals surface area contributed by atoms with E-state index in [4.69, 9.17) is 14.2 Å². The highest BCUT2D eigenvalue weighted by atomic mass is 32.2. The van der Waals surface area contributed by atoms with Gasteiger partial charge in [-0.15, -0.1) is 6.58 Å². The summed E-state index contributed by atoms with van der Waals surface area (Å²) in [5.41, 5.74) is 0. The van der Waals surface area contributed by atoms with Crippen LogP contribution in [0.5, 0.6) is 11.5 Å². The van der Waals surface area contributed by atoms with E-state index < -0.39 is 28.1 Å². The number of hydrogen-bond acceptors (Lipinski definition) is 7. The minimum Gasteiger partial charge on any atom is -0.486 e. The van der Waals surface area contributed by atoms with Crippen LogP contribution in [0, 0.1) is 0 Å². The van der Waals surface area contributed by atoms with Gasteiger partial charge in [0.1, 0.15) is 19.4 Å². The van der Waals surface area contributed by atoms with Gasteiger partial charge in [-0.1, -0.05) is 6.08 Å². The van der Waals surface area contributed by atoms with Crippen LogP contribution in [-0.4, -0.2) is 70.2 Å². The number of carbonyl (C=O) groups excluding carboxylic acids is 2. The summed E-state index contributed by atoms with van der Waals surface area (Å²) in [4.78, 5) is 23.5. The molecule has 0 bridgehead atoms. The Morgan fingerprint density at radius 3 is 2.62 bits per heavy atom. The van der Waals surface area contributed by atoms with Gasteiger partial charge in [0, 0.05) is 19.2 Å². The summed E-state index contributed by atoms with van der Waals surface area (Å²) in [6, 6.07) is 4.40. The minimum absolute atomic E-state index is 0.0345. The average molecular weight is 425 g/mol. The molecule has 0 aliphatic carbocycles. The van der Waals surface area contributed by atoms with Gasteiger partial charge in [0.05, 0.1) is 18.0 Å². The summed E-state index contributed by atoms with van der Waals surface area (Å²) < 4.78 is 43.9. The third kappa shape index (κ3) is 4.86. The second kappa shape index (κ2) is 9.25. The SMILES string of the molecule is C=CCNC(=O)C(=O)NC[C@H]1OCCCN1S(=O)(=O)c1ccc2c(c1)OCCO2. The molecular weight excluding hydrogens is 402 g/mol. The maximum atomic E-state index is 13.1. The van der Waals surface area contributed by atoms with Crippen molar-refractivity contribution < 1.29 is 32.2 Å². The van der Waals surface area contributed by atoms with Crippen LogP contribution in [0.25, 0.3) is 0 Å². The Labute approximate surface area is 168 Å². The number of benzene rings is 1. The van der Waals surface area contributed by atoms with Crippen LogP contribution in [0.1, 0.15) is 6.42 Å². The van der Waals surface area contributed by atoms with Crippen LogP contribution in [0.2, 0.25) is 0 Å². The first-order chi connectivity index (χ1) is 13.9. The summed E-state index contributed by atoms with van der Waals surface area (Å²) in [6.45, 7) is 4.74. The maximum Gasteiger partial charge on any atom is 0.309 e. The summed E-state index contributed by atoms with van der Waals surface area (Å²) in [6.07, 6.45) is 1.02. The van der Waals surface area contributed by atoms with Crippen LogP contribution in [-0.2, 0) is 24.3 Å². The predicted molar refractivity (Wildman–Crippen MR) is 102 cm³/mol. The first-order valence-corrected chi connectivity index (χ1v) is 10.6. The lowest BCUT2D eigenvalue weighted by Crippen LogP contribution is -2.53. The second-order valence-electron chi connectivity index (χ2n) is 6.31. The molecular formula is C18H23N3O7S. The van der Waals surface area contributed by atoms with Crippen molar-refractivity contribution in [2.75, 3.05) is 39.5 Å². The van der Waals surface area contributed by atoms with E-state index in [-0.39, 0.29) is 24.5 Å². The zero-order valence-corrected chi connectivity index (χ0v) is 16.6. The number of sulfonamides is 1. The van der Waals surface area contributed by atoms with Gasteiger partial charge in [-0.3, -0.25) is 9.59 Å². The number of ether oxygens (including phenoxy) is 3. The van der Waals surface area contributed by atoms with Crippen molar-refractivity contribution >= 4 is 21.8 Å². The molecule has 2 aliphatic rings. The lowest BCUT2D eigenvalue weighted by atomic mass is 10.3. The van der Waals surface area contributed by atoms with E-state index in [1.165, 1.54) is 22.5 Å². The Morgan fingerprint density at radius 2 is 1.86 bits per heavy atom. The molecule has 0 unspecified atom stereocenters. The molecule has 1 atom stereocenters. The summed E-state index contributed by atoms with van der Waals surface area (Å²) in [7, 11) is -3.92. The standard InChI is InChI=1S/C18H23N3O7S/c1-2-6-19-17(22)18(23)20-12-16-21(7-3-8-28-16)29(24,25)13-4-5-14-15(11-13)27-10-9-26-14/h2,4-5,11,16H,1,3,6-10,12H2,(H,19,22)(H,20,23)/t16-/m1/s1. The number of hydrogen-bond donors (Lipinski definition) is 2. The number of amides is 2. The van der Waals surface area contributed by atoms with Crippen LogP contribution < -0.4 is 20.1 Å². The van der Waals surface area contributed by atoms with E-state index in [1.807, 2.05) is 0 Å². The summed E-state index contributed by atoms with van der Waals surface area (Å²) in [5.74, 6) is -0.863. The molecule has 2 aliphatic heterocycles. The molecule has 29 heavy (non-hydrogen) atoms. The van der Waals surface area contributed by atoms with Gasteiger partial charge in [-0.25, -0.2) is 8.42 Å². The molecule has 1 aromatic rings. The highest BCUT2D eigenvalue weighted by Crippen LogP contribution is 2.34. The fourth-order valence-electron chi connectivity index (χ4n) is 2.93. The maximum absolute atomic E-state index is 13.1. The third-order valence-electron chi connectivity index (χ3n) is 4.32. The Bertz CT molecular complexity index is 887. The van der Waals surface area contributed by atoms with E-state index in [9.17, 15) is 18.0 Å². The van der Waals surface area contributed by atoms with E-state index in [0.29, 0.717) is 37.7 Å². The quantitative estimate of drug-likeness (QED) is 0.470. The number of nitrogens with one attached hydrogen (secondary N) is 2. The average Bonchev–Trinajstić information content (AvgIpc) is 2.75. The third-order valence-corrected chi connectivity index (χ3v) is 6.21. The van der Waals surface area contributed by atoms with E-state index in [0.717, 1.165) is 0 Å². The molecule has 0 spiro atoms. The topological polar surface area (TPSA) is 123 Å². The largest absolute Gasteiger partial charge is 0.486 e. The second-order valence-corrected chi connectivity index (χ2v) is 8.20. The van der Waals surface area contributed by atoms with E-state index in [2.05, 4.69) is 17.2 Å². The van der Waals surface area contributed by atoms with Crippen molar-refractivity contribution in [1.82, 2.24) is 14.9 Å². The van der Waals surface area contributed by atoms with Gasteiger partial charge in [-0.2, -0.15) is 4.31 Å². The number of nitrogens with zero attached hydrogens (tertiary/aromatic N) is 1. The lowest BCUT2D eigenvalue weighted by Gasteiger charge is -2.34. The summed E-state index contributed by atoms with van der Waals surface area (Å²) in [5, 5.41) is 4.75. The van der Waals surface area contributed by atoms with Crippen LogP contribution >= 0.6 is 0 Å². The van der Waals surface area contributed by atoms with Gasteiger partial charge in [-0.05, 0) is 18.6 Å². The van der Waals surface area contributed by atoms with E-state index in [1.54, 1.807) is 6.07 Å². The lowest BCUT2D eigenvalue weighted by molar-refractivity contribution is -0.140. The molecule has 1 saturated heterocycles. The van der Waals surface area contributed by atoms with Gasteiger partial charge in [0.15, 0.2) is 11.5 Å². The van der Waals surface area contributed by atoms with Crippen molar-refractivity contribution in [3.05, 3.63) is 30.9 Å². The molecule has 1 fully saturated rings. The molecule has 0 aromatic heterocycles. The fraction of sp³-hybridized carbons (Fsp3) is 0.444. The number of carbonyl (C=O) groups is 2. The zero-order chi connectivity index (χ0) is 20.9. The Kier molecular flexibility index (Phi) is 6.72. The first-order valence-electron chi connectivity index (χ1n) is 9.13. The van der Waals surface area contributed by atoms with Gasteiger partial charge < -0.3 is 24.8 Å². The smallest absolute Gasteiger partial charge is 0.309 e. The Hall–Kier alpha value is -2.63. The predicted octanol–water partition coefficient (Wildman–Crippen LogP) is -0.387. The minimum atomic E-state index is -3.92. The Balaban J connectivity index is 1.72. The van der Waals surface area contributed by atoms with Crippen molar-refractivity contribution in [2.45, 2.75) is 17.5 Å². The van der Waals surface area contributed by atoms with Crippen LogP contribution in [0.15, 0.2) is 35.7 Å². The van der Waals surface area contributed by atoms with Gasteiger partial charge >= 0.3 is 11.8 Å². The molecule has 0 saturated carbocycles. The van der Waals surface area contributed by atoms with Crippen molar-refractivity contribution in [2.24, 2.45) is 0 Å². The Morgan fingerprint density at radius 1 is 1.14 bits per heavy atom. The molecule has 2 N–H and O–H groups in total. The molecule has 158 valence electrons. The highest BCUT2D eigenvalue weighted by Gasteiger charge is 2.35. The molecule has 2 heterocycles. The number of rotatable bonds is 6. The molecule has 3 rings (SSSR count). The van der Waals surface area contributed by atoms with Gasteiger partial charge in [0.25, 0.3) is 0 Å². The number of fused-ring (bicyclic) bond motifs is 1. The van der Waals surface area contributed by atoms with Crippen molar-refractivity contribution in [3.8, 4) is 11.5 Å². The molecule has 0 radical (unpaired) electrons. The highest BCUT2D eigenvalue weighted by molar-refractivity contribution is 7.89. The molecule has 10 nitrogen and oxygen atoms in total. The van der Waals surface area contributed by atoms with Crippen molar-refractivity contribution in [1.29, 1.82) is 0 Å². The molecule has 1 aromatic carbocycles. The normalized spacial score (nSPS) is 19.2. The zero-order valence-electron chi connectivity index (χ0n) is 15.8. The van der Waals surface area contributed by atoms with Crippen LogP contribution in [0.4, 0.5) is 0 Å². The van der Waals surface area contributed by atoms with Gasteiger partial charge in [0.2, 0.25) is 10.0 Å². The monoisotopic (exact) mass is 425 g/mol. The molecule has 2 amide bonds. The van der Waals surface area contributed by atoms with Crippen molar-refractivity contribution in [3.63, 3.8) is 0 Å². The van der Waals surface area contributed by atoms with Crippen LogP contribution in [0.3, 0.4) is 0 Å². The molecule has 11 heteroatoms. The summed E-state index contributed by atoms with van der Waals surface area (Å²) >= 11 is 0. The van der Waals surface area contributed by atoms with E-state index >= 15 is 0 Å². The fourth-order valence-corrected chi connectivity index (χ4v) is 4.51.